The monoisotopic (exact) mass is 356 g/mol. The largest absolute Gasteiger partial charge is 0.302 e. The number of imide groups is 1. The van der Waals surface area contributed by atoms with E-state index in [4.69, 9.17) is 0 Å². The van der Waals surface area contributed by atoms with Gasteiger partial charge in [0, 0.05) is 11.1 Å². The number of amides is 3. The van der Waals surface area contributed by atoms with E-state index in [2.05, 4.69) is 39.1 Å². The van der Waals surface area contributed by atoms with Crippen LogP contribution in [0, 0.1) is 0 Å². The average molecular weight is 356 g/mol. The van der Waals surface area contributed by atoms with Gasteiger partial charge in [-0.05, 0) is 61.6 Å². The van der Waals surface area contributed by atoms with Gasteiger partial charge in [-0.3, -0.25) is 19.7 Å². The van der Waals surface area contributed by atoms with Crippen molar-refractivity contribution in [2.24, 2.45) is 0 Å². The lowest BCUT2D eigenvalue weighted by atomic mass is 9.79. The molecule has 25 heavy (non-hydrogen) atoms. The Morgan fingerprint density at radius 2 is 2.00 bits per heavy atom. The summed E-state index contributed by atoms with van der Waals surface area (Å²) in [7, 11) is 0. The molecule has 5 nitrogen and oxygen atoms in total. The van der Waals surface area contributed by atoms with Crippen LogP contribution in [0.5, 0.6) is 0 Å². The molecule has 4 rings (SSSR count). The van der Waals surface area contributed by atoms with E-state index in [1.54, 1.807) is 0 Å². The highest BCUT2D eigenvalue weighted by Gasteiger charge is 2.49. The number of thioether (sulfide) groups is 1. The van der Waals surface area contributed by atoms with Crippen molar-refractivity contribution in [2.45, 2.75) is 52.0 Å². The van der Waals surface area contributed by atoms with Crippen molar-refractivity contribution in [1.29, 1.82) is 0 Å². The van der Waals surface area contributed by atoms with Gasteiger partial charge in [0.25, 0.3) is 17.1 Å². The van der Waals surface area contributed by atoms with Crippen LogP contribution in [-0.2, 0) is 16.0 Å². The lowest BCUT2D eigenvalue weighted by Crippen LogP contribution is -2.49. The molecule has 0 unspecified atom stereocenters. The van der Waals surface area contributed by atoms with Gasteiger partial charge in [-0.15, -0.1) is 0 Å². The fourth-order valence-corrected chi connectivity index (χ4v) is 5.07. The highest BCUT2D eigenvalue weighted by molar-refractivity contribution is 8.18. The van der Waals surface area contributed by atoms with Crippen LogP contribution in [0.15, 0.2) is 17.0 Å². The SMILES string of the molecule is CCc1cc2c3c(c1)[C@@H](C)CC(C)(C)N3C(=O)/C2=C1/SC(=O)NC1=O. The second kappa shape index (κ2) is 5.21. The summed E-state index contributed by atoms with van der Waals surface area (Å²) in [6, 6.07) is 4.18. The lowest BCUT2D eigenvalue weighted by Gasteiger charge is -2.43. The number of anilines is 1. The minimum absolute atomic E-state index is 0.172. The number of aryl methyl sites for hydroxylation is 1. The zero-order valence-corrected chi connectivity index (χ0v) is 15.5. The summed E-state index contributed by atoms with van der Waals surface area (Å²) in [5.74, 6) is -0.316. The third-order valence-corrected chi connectivity index (χ3v) is 6.18. The zero-order valence-electron chi connectivity index (χ0n) is 14.7. The molecule has 1 aromatic rings. The fourth-order valence-electron chi connectivity index (χ4n) is 4.29. The number of hydrogen-bond acceptors (Lipinski definition) is 4. The van der Waals surface area contributed by atoms with E-state index in [0.717, 1.165) is 47.0 Å². The smallest absolute Gasteiger partial charge is 0.290 e. The van der Waals surface area contributed by atoms with Crippen LogP contribution in [0.25, 0.3) is 5.57 Å². The topological polar surface area (TPSA) is 66.5 Å². The molecule has 1 fully saturated rings. The van der Waals surface area contributed by atoms with E-state index < -0.39 is 11.1 Å². The van der Waals surface area contributed by atoms with Crippen molar-refractivity contribution in [3.63, 3.8) is 0 Å². The van der Waals surface area contributed by atoms with Crippen LogP contribution in [0.1, 0.15) is 56.7 Å². The minimum Gasteiger partial charge on any atom is -0.302 e. The maximum atomic E-state index is 13.3. The molecule has 130 valence electrons. The van der Waals surface area contributed by atoms with Gasteiger partial charge in [-0.25, -0.2) is 0 Å². The van der Waals surface area contributed by atoms with E-state index in [9.17, 15) is 14.4 Å². The number of carbonyl (C=O) groups is 3. The molecule has 1 atom stereocenters. The van der Waals surface area contributed by atoms with Crippen LogP contribution in [0.4, 0.5) is 10.5 Å². The Balaban J connectivity index is 2.06. The number of carbonyl (C=O) groups excluding carboxylic acids is 3. The van der Waals surface area contributed by atoms with Gasteiger partial charge in [0.2, 0.25) is 0 Å². The highest BCUT2D eigenvalue weighted by Crippen LogP contribution is 2.53. The van der Waals surface area contributed by atoms with Crippen LogP contribution in [-0.4, -0.2) is 22.6 Å². The molecule has 1 aromatic carbocycles. The van der Waals surface area contributed by atoms with Crippen LogP contribution in [0.3, 0.4) is 0 Å². The molecular weight excluding hydrogens is 336 g/mol. The molecule has 0 aromatic heterocycles. The van der Waals surface area contributed by atoms with Gasteiger partial charge in [0.1, 0.15) is 0 Å². The second-order valence-electron chi connectivity index (χ2n) is 7.54. The molecule has 0 aliphatic carbocycles. The van der Waals surface area contributed by atoms with Gasteiger partial charge in [0.15, 0.2) is 0 Å². The first-order valence-electron chi connectivity index (χ1n) is 8.53. The molecule has 0 saturated carbocycles. The molecule has 3 heterocycles. The zero-order chi connectivity index (χ0) is 18.1. The molecule has 6 heteroatoms. The standard InChI is InChI=1S/C19H20N2O3S/c1-5-10-6-11-9(2)8-19(3,4)21-14(11)12(7-10)13(17(21)23)15-16(22)20-18(24)25-15/h6-7,9H,5,8H2,1-4H3,(H,20,22,24)/b15-13+/t9-/m0/s1. The summed E-state index contributed by atoms with van der Waals surface area (Å²) >= 11 is 0.824. The van der Waals surface area contributed by atoms with E-state index in [-0.39, 0.29) is 16.4 Å². The van der Waals surface area contributed by atoms with Gasteiger partial charge in [-0.2, -0.15) is 0 Å². The van der Waals surface area contributed by atoms with Gasteiger partial charge < -0.3 is 4.90 Å². The molecule has 3 aliphatic heterocycles. The highest BCUT2D eigenvalue weighted by atomic mass is 32.2. The molecule has 1 saturated heterocycles. The average Bonchev–Trinajstić information content (AvgIpc) is 3.00. The number of rotatable bonds is 1. The third kappa shape index (κ3) is 2.20. The Hall–Kier alpha value is -2.08. The van der Waals surface area contributed by atoms with Crippen molar-refractivity contribution >= 4 is 40.1 Å². The molecular formula is C19H20N2O3S. The summed E-state index contributed by atoms with van der Waals surface area (Å²) in [6.45, 7) is 8.38. The Labute approximate surface area is 150 Å². The molecule has 3 amide bonds. The first-order chi connectivity index (χ1) is 11.7. The van der Waals surface area contributed by atoms with E-state index >= 15 is 0 Å². The summed E-state index contributed by atoms with van der Waals surface area (Å²) in [5.41, 5.74) is 4.06. The Morgan fingerprint density at radius 1 is 1.28 bits per heavy atom. The minimum atomic E-state index is -0.472. The van der Waals surface area contributed by atoms with E-state index in [0.29, 0.717) is 11.5 Å². The molecule has 1 N–H and O–H groups in total. The summed E-state index contributed by atoms with van der Waals surface area (Å²) < 4.78 is 0. The van der Waals surface area contributed by atoms with Gasteiger partial charge in [0.05, 0.1) is 16.2 Å². The number of nitrogens with one attached hydrogen (secondary N) is 1. The normalized spacial score (nSPS) is 27.0. The number of hydrogen-bond donors (Lipinski definition) is 1. The fraction of sp³-hybridized carbons (Fsp3) is 0.421. The maximum absolute atomic E-state index is 13.3. The number of nitrogens with zero attached hydrogens (tertiary/aromatic N) is 1. The Kier molecular flexibility index (Phi) is 3.41. The Morgan fingerprint density at radius 3 is 2.60 bits per heavy atom. The van der Waals surface area contributed by atoms with Crippen molar-refractivity contribution in [1.82, 2.24) is 5.32 Å². The van der Waals surface area contributed by atoms with Gasteiger partial charge in [-0.1, -0.05) is 19.9 Å². The van der Waals surface area contributed by atoms with Crippen molar-refractivity contribution in [3.05, 3.63) is 33.7 Å². The molecule has 0 bridgehead atoms. The quantitative estimate of drug-likeness (QED) is 0.781. The lowest BCUT2D eigenvalue weighted by molar-refractivity contribution is -0.116. The number of benzene rings is 1. The predicted molar refractivity (Wildman–Crippen MR) is 98.5 cm³/mol. The van der Waals surface area contributed by atoms with Crippen molar-refractivity contribution < 1.29 is 14.4 Å². The first-order valence-corrected chi connectivity index (χ1v) is 9.35. The molecule has 3 aliphatic rings. The third-order valence-electron chi connectivity index (χ3n) is 5.30. The van der Waals surface area contributed by atoms with E-state index in [1.165, 1.54) is 0 Å². The summed E-state index contributed by atoms with van der Waals surface area (Å²) in [5, 5.41) is 1.85. The van der Waals surface area contributed by atoms with Crippen molar-refractivity contribution in [3.8, 4) is 0 Å². The van der Waals surface area contributed by atoms with Crippen LogP contribution < -0.4 is 10.2 Å². The molecule has 0 spiro atoms. The van der Waals surface area contributed by atoms with Gasteiger partial charge >= 0.3 is 0 Å². The van der Waals surface area contributed by atoms with Crippen LogP contribution in [0.2, 0.25) is 0 Å². The molecule has 0 radical (unpaired) electrons. The van der Waals surface area contributed by atoms with E-state index in [1.807, 2.05) is 11.0 Å². The summed E-state index contributed by atoms with van der Waals surface area (Å²) in [6.07, 6.45) is 1.71. The maximum Gasteiger partial charge on any atom is 0.290 e. The summed E-state index contributed by atoms with van der Waals surface area (Å²) in [4.78, 5) is 39.2. The van der Waals surface area contributed by atoms with Crippen LogP contribution >= 0.6 is 11.8 Å². The Bertz CT molecular complexity index is 885. The second-order valence-corrected chi connectivity index (χ2v) is 8.52. The van der Waals surface area contributed by atoms with Crippen molar-refractivity contribution in [2.75, 3.05) is 4.90 Å². The predicted octanol–water partition coefficient (Wildman–Crippen LogP) is 3.58. The first kappa shape index (κ1) is 16.4.